The summed E-state index contributed by atoms with van der Waals surface area (Å²) in [6.45, 7) is 3.47. The van der Waals surface area contributed by atoms with Crippen LogP contribution in [0.25, 0.3) is 0 Å². The van der Waals surface area contributed by atoms with Gasteiger partial charge in [-0.25, -0.2) is 0 Å². The van der Waals surface area contributed by atoms with Crippen molar-refractivity contribution in [2.45, 2.75) is 6.04 Å². The lowest BCUT2D eigenvalue weighted by atomic mass is 10.0. The van der Waals surface area contributed by atoms with E-state index in [-0.39, 0.29) is 18.5 Å². The largest absolute Gasteiger partial charge is 0.378 e. The van der Waals surface area contributed by atoms with Gasteiger partial charge in [0.05, 0.1) is 31.5 Å². The molecular weight excluding hydrogens is 376 g/mol. The number of hydrogen-bond acceptors (Lipinski definition) is 5. The number of ether oxygens (including phenoxy) is 1. The van der Waals surface area contributed by atoms with E-state index >= 15 is 0 Å². The summed E-state index contributed by atoms with van der Waals surface area (Å²) in [7, 11) is 0. The first kappa shape index (κ1) is 20.1. The summed E-state index contributed by atoms with van der Waals surface area (Å²) in [5, 5.41) is 6.30. The fraction of sp³-hybridized carbons (Fsp3) is 0.250. The van der Waals surface area contributed by atoms with E-state index in [0.29, 0.717) is 0 Å². The molecule has 2 heterocycles. The minimum atomic E-state index is -0.151. The molecule has 1 aromatic heterocycles. The van der Waals surface area contributed by atoms with Gasteiger partial charge < -0.3 is 15.0 Å². The number of carbonyl (C=O) groups excluding carboxylic acids is 1. The van der Waals surface area contributed by atoms with E-state index in [1.165, 1.54) is 0 Å². The molecule has 2 aromatic carbocycles. The highest BCUT2D eigenvalue weighted by Gasteiger charge is 2.16. The summed E-state index contributed by atoms with van der Waals surface area (Å²) < 4.78 is 5.40. The van der Waals surface area contributed by atoms with Crippen molar-refractivity contribution in [3.63, 3.8) is 0 Å². The van der Waals surface area contributed by atoms with E-state index in [1.54, 1.807) is 6.20 Å². The third-order valence-electron chi connectivity index (χ3n) is 5.11. The maximum Gasteiger partial charge on any atom is 0.238 e. The van der Waals surface area contributed by atoms with Gasteiger partial charge in [-0.1, -0.05) is 36.4 Å². The summed E-state index contributed by atoms with van der Waals surface area (Å²) in [4.78, 5) is 19.3. The molecule has 0 saturated carbocycles. The molecule has 6 nitrogen and oxygen atoms in total. The van der Waals surface area contributed by atoms with E-state index in [9.17, 15) is 4.79 Å². The first-order valence-electron chi connectivity index (χ1n) is 10.2. The Balaban J connectivity index is 1.37. The lowest BCUT2D eigenvalue weighted by Gasteiger charge is -2.28. The average molecular weight is 402 g/mol. The molecule has 1 saturated heterocycles. The van der Waals surface area contributed by atoms with Crippen molar-refractivity contribution >= 4 is 17.3 Å². The summed E-state index contributed by atoms with van der Waals surface area (Å²) in [5.74, 6) is -0.0917. The minimum absolute atomic E-state index is 0.0917. The lowest BCUT2D eigenvalue weighted by Crippen LogP contribution is -2.36. The lowest BCUT2D eigenvalue weighted by molar-refractivity contribution is -0.115. The maximum atomic E-state index is 12.5. The third-order valence-corrected chi connectivity index (χ3v) is 5.11. The molecule has 0 radical (unpaired) electrons. The van der Waals surface area contributed by atoms with Crippen LogP contribution < -0.4 is 15.5 Å². The molecule has 0 aliphatic carbocycles. The van der Waals surface area contributed by atoms with E-state index in [4.69, 9.17) is 4.74 Å². The van der Waals surface area contributed by atoms with Crippen molar-refractivity contribution in [3.8, 4) is 0 Å². The van der Waals surface area contributed by atoms with Crippen LogP contribution in [0.15, 0.2) is 79.0 Å². The summed E-state index contributed by atoms with van der Waals surface area (Å²) >= 11 is 0. The Morgan fingerprint density at radius 3 is 2.40 bits per heavy atom. The molecule has 2 N–H and O–H groups in total. The normalized spacial score (nSPS) is 14.9. The molecule has 30 heavy (non-hydrogen) atoms. The third kappa shape index (κ3) is 5.23. The van der Waals surface area contributed by atoms with Gasteiger partial charge in [-0.2, -0.15) is 0 Å². The zero-order chi connectivity index (χ0) is 20.6. The number of hydrogen-bond donors (Lipinski definition) is 2. The number of anilines is 2. The highest BCUT2D eigenvalue weighted by atomic mass is 16.5. The molecule has 1 fully saturated rings. The van der Waals surface area contributed by atoms with Crippen molar-refractivity contribution in [1.82, 2.24) is 10.3 Å². The van der Waals surface area contributed by atoms with Crippen molar-refractivity contribution in [2.24, 2.45) is 0 Å². The number of carbonyl (C=O) groups is 1. The summed E-state index contributed by atoms with van der Waals surface area (Å²) in [6.07, 6.45) is 1.77. The number of pyridine rings is 1. The van der Waals surface area contributed by atoms with E-state index in [2.05, 4.69) is 20.5 Å². The fourth-order valence-corrected chi connectivity index (χ4v) is 3.56. The van der Waals surface area contributed by atoms with Crippen molar-refractivity contribution in [3.05, 3.63) is 90.3 Å². The number of rotatable bonds is 7. The number of nitrogens with one attached hydrogen (secondary N) is 2. The van der Waals surface area contributed by atoms with Gasteiger partial charge in [-0.15, -0.1) is 0 Å². The van der Waals surface area contributed by atoms with Crippen molar-refractivity contribution in [2.75, 3.05) is 43.1 Å². The van der Waals surface area contributed by atoms with Gasteiger partial charge >= 0.3 is 0 Å². The topological polar surface area (TPSA) is 66.5 Å². The second-order valence-electron chi connectivity index (χ2n) is 7.17. The quantitative estimate of drug-likeness (QED) is 0.635. The van der Waals surface area contributed by atoms with Crippen LogP contribution in [0.4, 0.5) is 11.4 Å². The van der Waals surface area contributed by atoms with E-state index < -0.39 is 0 Å². The standard InChI is InChI=1S/C24H26N4O2/c29-23(27-20-9-11-21(12-10-20)28-14-16-30-17-15-28)18-26-24(19-6-2-1-3-7-19)22-8-4-5-13-25-22/h1-13,24,26H,14-18H2,(H,27,29). The highest BCUT2D eigenvalue weighted by molar-refractivity contribution is 5.92. The molecular formula is C24H26N4O2. The molecule has 154 valence electrons. The smallest absolute Gasteiger partial charge is 0.238 e. The van der Waals surface area contributed by atoms with Crippen LogP contribution in [0.2, 0.25) is 0 Å². The van der Waals surface area contributed by atoms with Gasteiger partial charge in [-0.3, -0.25) is 15.1 Å². The Hall–Kier alpha value is -3.22. The second kappa shape index (κ2) is 10.0. The molecule has 1 unspecified atom stereocenters. The van der Waals surface area contributed by atoms with Crippen LogP contribution in [0.3, 0.4) is 0 Å². The number of amides is 1. The molecule has 1 atom stereocenters. The van der Waals surface area contributed by atoms with Crippen molar-refractivity contribution in [1.29, 1.82) is 0 Å². The minimum Gasteiger partial charge on any atom is -0.378 e. The highest BCUT2D eigenvalue weighted by Crippen LogP contribution is 2.21. The molecule has 4 rings (SSSR count). The number of nitrogens with zero attached hydrogens (tertiary/aromatic N) is 2. The van der Waals surface area contributed by atoms with Gasteiger partial charge in [0.25, 0.3) is 0 Å². The molecule has 3 aromatic rings. The molecule has 1 aliphatic rings. The van der Waals surface area contributed by atoms with Crippen LogP contribution >= 0.6 is 0 Å². The Morgan fingerprint density at radius 2 is 1.70 bits per heavy atom. The molecule has 1 amide bonds. The SMILES string of the molecule is O=C(CNC(c1ccccc1)c1ccccn1)Nc1ccc(N2CCOCC2)cc1. The van der Waals surface area contributed by atoms with Gasteiger partial charge in [0.15, 0.2) is 0 Å². The monoisotopic (exact) mass is 402 g/mol. The summed E-state index contributed by atoms with van der Waals surface area (Å²) in [6, 6.07) is 23.6. The number of morpholine rings is 1. The Kier molecular flexibility index (Phi) is 6.69. The molecule has 0 spiro atoms. The van der Waals surface area contributed by atoms with E-state index in [1.807, 2.05) is 72.8 Å². The Labute approximate surface area is 176 Å². The predicted octanol–water partition coefficient (Wildman–Crippen LogP) is 3.24. The summed E-state index contributed by atoms with van der Waals surface area (Å²) in [5.41, 5.74) is 3.88. The van der Waals surface area contributed by atoms with Crippen LogP contribution in [0.5, 0.6) is 0 Å². The maximum absolute atomic E-state index is 12.5. The van der Waals surface area contributed by atoms with Gasteiger partial charge in [0, 0.05) is 30.7 Å². The number of aromatic nitrogens is 1. The first-order valence-corrected chi connectivity index (χ1v) is 10.2. The van der Waals surface area contributed by atoms with Crippen LogP contribution in [-0.4, -0.2) is 43.7 Å². The predicted molar refractivity (Wildman–Crippen MR) is 119 cm³/mol. The first-order chi connectivity index (χ1) is 14.8. The Morgan fingerprint density at radius 1 is 0.967 bits per heavy atom. The molecule has 1 aliphatic heterocycles. The average Bonchev–Trinajstić information content (AvgIpc) is 2.82. The zero-order valence-electron chi connectivity index (χ0n) is 16.8. The van der Waals surface area contributed by atoms with Crippen molar-refractivity contribution < 1.29 is 9.53 Å². The van der Waals surface area contributed by atoms with Crippen LogP contribution in [-0.2, 0) is 9.53 Å². The van der Waals surface area contributed by atoms with Gasteiger partial charge in [-0.05, 0) is 42.0 Å². The van der Waals surface area contributed by atoms with Crippen LogP contribution in [0.1, 0.15) is 17.3 Å². The second-order valence-corrected chi connectivity index (χ2v) is 7.17. The van der Waals surface area contributed by atoms with Gasteiger partial charge in [0.1, 0.15) is 0 Å². The number of benzene rings is 2. The Bertz CT molecular complexity index is 887. The fourth-order valence-electron chi connectivity index (χ4n) is 3.56. The van der Waals surface area contributed by atoms with E-state index in [0.717, 1.165) is 48.9 Å². The van der Waals surface area contributed by atoms with Gasteiger partial charge in [0.2, 0.25) is 5.91 Å². The zero-order valence-corrected chi connectivity index (χ0v) is 16.8. The molecule has 0 bridgehead atoms. The van der Waals surface area contributed by atoms with Crippen LogP contribution in [0, 0.1) is 0 Å². The molecule has 6 heteroatoms.